The summed E-state index contributed by atoms with van der Waals surface area (Å²) in [5.41, 5.74) is 0. The van der Waals surface area contributed by atoms with Crippen molar-refractivity contribution >= 4 is 30.8 Å². The van der Waals surface area contributed by atoms with Gasteiger partial charge in [-0.2, -0.15) is 0 Å². The van der Waals surface area contributed by atoms with Gasteiger partial charge in [-0.3, -0.25) is 4.79 Å². The van der Waals surface area contributed by atoms with Gasteiger partial charge in [0.25, 0.3) is 0 Å². The third-order valence-electron chi connectivity index (χ3n) is 2.69. The highest BCUT2D eigenvalue weighted by Crippen LogP contribution is 2.29. The van der Waals surface area contributed by atoms with E-state index >= 15 is 0 Å². The molecule has 86 valence electrons. The van der Waals surface area contributed by atoms with Gasteiger partial charge in [0.15, 0.2) is 0 Å². The van der Waals surface area contributed by atoms with Crippen LogP contribution >= 0.6 is 24.8 Å². The average molecular weight is 244 g/mol. The Balaban J connectivity index is 0. The molecular formula is C9H19Cl2NO2. The molecule has 0 bridgehead atoms. The molecule has 0 amide bonds. The lowest BCUT2D eigenvalue weighted by molar-refractivity contribution is -0.144. The van der Waals surface area contributed by atoms with E-state index in [1.807, 2.05) is 7.05 Å². The zero-order chi connectivity index (χ0) is 8.97. The Morgan fingerprint density at radius 3 is 2.43 bits per heavy atom. The summed E-state index contributed by atoms with van der Waals surface area (Å²) in [6.07, 6.45) is 4.20. The maximum absolute atomic E-state index is 10.8. The van der Waals surface area contributed by atoms with Crippen LogP contribution in [0, 0.1) is 11.8 Å². The number of hydrogen-bond acceptors (Lipinski definition) is 2. The second kappa shape index (κ2) is 8.33. The maximum atomic E-state index is 10.8. The Bertz CT molecular complexity index is 165. The van der Waals surface area contributed by atoms with Gasteiger partial charge in [0, 0.05) is 0 Å². The molecule has 0 aromatic heterocycles. The summed E-state index contributed by atoms with van der Waals surface area (Å²) in [5.74, 6) is -0.373. The second-order valence-electron chi connectivity index (χ2n) is 3.55. The van der Waals surface area contributed by atoms with Gasteiger partial charge < -0.3 is 10.4 Å². The Hall–Kier alpha value is 0.01000. The molecular weight excluding hydrogens is 225 g/mol. The summed E-state index contributed by atoms with van der Waals surface area (Å²) in [7, 11) is 1.88. The molecule has 3 nitrogen and oxygen atoms in total. The summed E-state index contributed by atoms with van der Waals surface area (Å²) in [6.45, 7) is 0.844. The van der Waals surface area contributed by atoms with Crippen LogP contribution in [-0.2, 0) is 4.79 Å². The molecule has 0 saturated heterocycles. The highest BCUT2D eigenvalue weighted by Gasteiger charge is 2.29. The van der Waals surface area contributed by atoms with Crippen molar-refractivity contribution in [3.05, 3.63) is 0 Å². The zero-order valence-corrected chi connectivity index (χ0v) is 10.00. The van der Waals surface area contributed by atoms with Crippen LogP contribution in [0.4, 0.5) is 0 Å². The van der Waals surface area contributed by atoms with E-state index in [0.29, 0.717) is 5.92 Å². The second-order valence-corrected chi connectivity index (χ2v) is 3.55. The van der Waals surface area contributed by atoms with Gasteiger partial charge in [-0.25, -0.2) is 0 Å². The van der Waals surface area contributed by atoms with Crippen LogP contribution in [0.3, 0.4) is 0 Å². The number of carboxylic acid groups (broad SMARTS) is 1. The monoisotopic (exact) mass is 243 g/mol. The van der Waals surface area contributed by atoms with Crippen molar-refractivity contribution in [3.8, 4) is 0 Å². The number of aliphatic carboxylic acids is 1. The third kappa shape index (κ3) is 4.49. The summed E-state index contributed by atoms with van der Waals surface area (Å²) in [5, 5.41) is 12.0. The Morgan fingerprint density at radius 2 is 1.93 bits per heavy atom. The molecule has 1 aliphatic carbocycles. The summed E-state index contributed by atoms with van der Waals surface area (Å²) < 4.78 is 0. The van der Waals surface area contributed by atoms with Gasteiger partial charge in [0.1, 0.15) is 0 Å². The van der Waals surface area contributed by atoms with Crippen LogP contribution in [0.2, 0.25) is 0 Å². The first-order valence-electron chi connectivity index (χ1n) is 4.63. The van der Waals surface area contributed by atoms with Crippen LogP contribution in [0.1, 0.15) is 25.7 Å². The number of carbonyl (C=O) groups is 1. The lowest BCUT2D eigenvalue weighted by atomic mass is 9.79. The van der Waals surface area contributed by atoms with Gasteiger partial charge in [-0.15, -0.1) is 24.8 Å². The van der Waals surface area contributed by atoms with Crippen molar-refractivity contribution in [2.75, 3.05) is 13.6 Å². The Morgan fingerprint density at radius 1 is 1.36 bits per heavy atom. The van der Waals surface area contributed by atoms with E-state index in [9.17, 15) is 4.79 Å². The summed E-state index contributed by atoms with van der Waals surface area (Å²) in [4.78, 5) is 10.8. The summed E-state index contributed by atoms with van der Waals surface area (Å²) >= 11 is 0. The molecule has 0 aliphatic heterocycles. The van der Waals surface area contributed by atoms with Crippen LogP contribution < -0.4 is 5.32 Å². The standard InChI is InChI=1S/C9H17NO2.2ClH/c1-10-6-7-4-2-3-5-8(7)9(11)12;;/h7-8,10H,2-6H2,1H3,(H,11,12);2*1H. The topological polar surface area (TPSA) is 49.3 Å². The molecule has 1 saturated carbocycles. The molecule has 1 rings (SSSR count). The van der Waals surface area contributed by atoms with Gasteiger partial charge in [0.05, 0.1) is 5.92 Å². The minimum atomic E-state index is -0.616. The van der Waals surface area contributed by atoms with E-state index in [1.54, 1.807) is 0 Å². The zero-order valence-electron chi connectivity index (χ0n) is 8.36. The number of nitrogens with one attached hydrogen (secondary N) is 1. The molecule has 0 spiro atoms. The third-order valence-corrected chi connectivity index (χ3v) is 2.69. The fourth-order valence-corrected chi connectivity index (χ4v) is 2.04. The number of halogens is 2. The van der Waals surface area contributed by atoms with Gasteiger partial charge in [-0.05, 0) is 32.4 Å². The smallest absolute Gasteiger partial charge is 0.306 e. The van der Waals surface area contributed by atoms with E-state index in [0.717, 1.165) is 25.8 Å². The highest BCUT2D eigenvalue weighted by atomic mass is 35.5. The predicted octanol–water partition coefficient (Wildman–Crippen LogP) is 1.94. The molecule has 2 unspecified atom stereocenters. The van der Waals surface area contributed by atoms with E-state index in [1.165, 1.54) is 6.42 Å². The maximum Gasteiger partial charge on any atom is 0.306 e. The highest BCUT2D eigenvalue weighted by molar-refractivity contribution is 5.85. The molecule has 0 aromatic rings. The van der Waals surface area contributed by atoms with Crippen molar-refractivity contribution in [2.24, 2.45) is 11.8 Å². The molecule has 2 N–H and O–H groups in total. The number of hydrogen-bond donors (Lipinski definition) is 2. The summed E-state index contributed by atoms with van der Waals surface area (Å²) in [6, 6.07) is 0. The quantitative estimate of drug-likeness (QED) is 0.797. The van der Waals surface area contributed by atoms with Crippen LogP contribution in [0.25, 0.3) is 0 Å². The Labute approximate surface area is 97.5 Å². The number of rotatable bonds is 3. The van der Waals surface area contributed by atoms with Crippen molar-refractivity contribution in [1.29, 1.82) is 0 Å². The fourth-order valence-electron chi connectivity index (χ4n) is 2.04. The van der Waals surface area contributed by atoms with Crippen molar-refractivity contribution in [2.45, 2.75) is 25.7 Å². The lowest BCUT2D eigenvalue weighted by Crippen LogP contribution is -2.33. The molecule has 0 heterocycles. The normalized spacial score (nSPS) is 25.8. The lowest BCUT2D eigenvalue weighted by Gasteiger charge is -2.28. The SMILES string of the molecule is CNCC1CCCCC1C(=O)O.Cl.Cl. The minimum absolute atomic E-state index is 0. The van der Waals surface area contributed by atoms with Crippen molar-refractivity contribution < 1.29 is 9.90 Å². The molecule has 14 heavy (non-hydrogen) atoms. The van der Waals surface area contributed by atoms with E-state index in [-0.39, 0.29) is 30.7 Å². The van der Waals surface area contributed by atoms with Crippen LogP contribution in [-0.4, -0.2) is 24.7 Å². The first-order valence-corrected chi connectivity index (χ1v) is 4.63. The minimum Gasteiger partial charge on any atom is -0.481 e. The van der Waals surface area contributed by atoms with Gasteiger partial charge in [-0.1, -0.05) is 12.8 Å². The largest absolute Gasteiger partial charge is 0.481 e. The molecule has 1 aliphatic rings. The first-order chi connectivity index (χ1) is 5.75. The Kier molecular flexibility index (Phi) is 9.78. The molecule has 5 heteroatoms. The average Bonchev–Trinajstić information content (AvgIpc) is 2.05. The molecule has 0 radical (unpaired) electrons. The predicted molar refractivity (Wildman–Crippen MR) is 61.5 cm³/mol. The molecule has 0 aromatic carbocycles. The van der Waals surface area contributed by atoms with E-state index in [4.69, 9.17) is 5.11 Å². The van der Waals surface area contributed by atoms with E-state index in [2.05, 4.69) is 5.32 Å². The van der Waals surface area contributed by atoms with Crippen molar-refractivity contribution in [3.63, 3.8) is 0 Å². The van der Waals surface area contributed by atoms with Crippen molar-refractivity contribution in [1.82, 2.24) is 5.32 Å². The molecule has 1 fully saturated rings. The van der Waals surface area contributed by atoms with Crippen LogP contribution in [0.5, 0.6) is 0 Å². The first kappa shape index (κ1) is 16.4. The molecule has 2 atom stereocenters. The van der Waals surface area contributed by atoms with Gasteiger partial charge in [0.2, 0.25) is 0 Å². The van der Waals surface area contributed by atoms with E-state index < -0.39 is 5.97 Å². The van der Waals surface area contributed by atoms with Crippen LogP contribution in [0.15, 0.2) is 0 Å². The number of carboxylic acids is 1. The van der Waals surface area contributed by atoms with Gasteiger partial charge >= 0.3 is 5.97 Å². The fraction of sp³-hybridized carbons (Fsp3) is 0.889.